The molecule has 0 unspecified atom stereocenters. The van der Waals surface area contributed by atoms with Crippen LogP contribution in [0.2, 0.25) is 0 Å². The third-order valence-corrected chi connectivity index (χ3v) is 3.00. The Kier molecular flexibility index (Phi) is 5.14. The van der Waals surface area contributed by atoms with E-state index in [2.05, 4.69) is 0 Å². The van der Waals surface area contributed by atoms with Crippen LogP contribution < -0.4 is 0 Å². The van der Waals surface area contributed by atoms with Gasteiger partial charge in [-0.3, -0.25) is 4.79 Å². The first-order chi connectivity index (χ1) is 8.84. The normalized spacial score (nSPS) is 18.7. The lowest BCUT2D eigenvalue weighted by Gasteiger charge is -2.34. The molecule has 19 heavy (non-hydrogen) atoms. The fourth-order valence-electron chi connectivity index (χ4n) is 1.99. The molecule has 1 aliphatic heterocycles. The van der Waals surface area contributed by atoms with Gasteiger partial charge in [0.15, 0.2) is 0 Å². The maximum atomic E-state index is 12.4. The molecule has 0 aromatic rings. The first-order valence-corrected chi connectivity index (χ1v) is 5.80. The molecule has 1 rings (SSSR count). The van der Waals surface area contributed by atoms with E-state index in [9.17, 15) is 18.0 Å². The number of hydrogen-bond donors (Lipinski definition) is 1. The van der Waals surface area contributed by atoms with E-state index in [4.69, 9.17) is 15.1 Å². The highest BCUT2D eigenvalue weighted by molar-refractivity contribution is 5.85. The van der Waals surface area contributed by atoms with Crippen molar-refractivity contribution >= 4 is 5.91 Å². The number of nitrogens with zero attached hydrogens (tertiary/aromatic N) is 2. The quantitative estimate of drug-likeness (QED) is 0.822. The Labute approximate surface area is 108 Å². The zero-order valence-corrected chi connectivity index (χ0v) is 10.2. The molecule has 1 N–H and O–H groups in total. The van der Waals surface area contributed by atoms with Crippen molar-refractivity contribution in [2.24, 2.45) is 5.41 Å². The SMILES string of the molecule is N#CC1(C(=O)N(CCO)CC(F)(F)F)CCOCC1. The van der Waals surface area contributed by atoms with Gasteiger partial charge in [-0.2, -0.15) is 18.4 Å². The molecule has 0 aromatic heterocycles. The molecule has 0 aromatic carbocycles. The van der Waals surface area contributed by atoms with E-state index in [0.29, 0.717) is 4.90 Å². The van der Waals surface area contributed by atoms with Gasteiger partial charge in [0.1, 0.15) is 12.0 Å². The molecule has 1 heterocycles. The summed E-state index contributed by atoms with van der Waals surface area (Å²) in [5.74, 6) is -0.885. The fourth-order valence-corrected chi connectivity index (χ4v) is 1.99. The monoisotopic (exact) mass is 280 g/mol. The Morgan fingerprint density at radius 2 is 2.00 bits per heavy atom. The second-order valence-electron chi connectivity index (χ2n) is 4.37. The summed E-state index contributed by atoms with van der Waals surface area (Å²) in [5.41, 5.74) is -1.47. The van der Waals surface area contributed by atoms with E-state index >= 15 is 0 Å². The van der Waals surface area contributed by atoms with Gasteiger partial charge in [0.2, 0.25) is 5.91 Å². The van der Waals surface area contributed by atoms with Gasteiger partial charge in [-0.05, 0) is 12.8 Å². The van der Waals surface area contributed by atoms with Gasteiger partial charge in [-0.25, -0.2) is 0 Å². The van der Waals surface area contributed by atoms with E-state index in [1.54, 1.807) is 0 Å². The van der Waals surface area contributed by atoms with Gasteiger partial charge in [0.05, 0.1) is 12.7 Å². The van der Waals surface area contributed by atoms with E-state index in [1.807, 2.05) is 6.07 Å². The molecular weight excluding hydrogens is 265 g/mol. The molecule has 5 nitrogen and oxygen atoms in total. The number of ether oxygens (including phenoxy) is 1. The number of alkyl halides is 3. The molecule has 1 fully saturated rings. The van der Waals surface area contributed by atoms with E-state index in [0.717, 1.165) is 0 Å². The average Bonchev–Trinajstić information content (AvgIpc) is 2.36. The predicted octanol–water partition coefficient (Wildman–Crippen LogP) is 0.690. The summed E-state index contributed by atoms with van der Waals surface area (Å²) in [7, 11) is 0. The smallest absolute Gasteiger partial charge is 0.395 e. The van der Waals surface area contributed by atoms with Crippen molar-refractivity contribution in [3.8, 4) is 6.07 Å². The summed E-state index contributed by atoms with van der Waals surface area (Å²) in [6.07, 6.45) is -4.42. The third-order valence-electron chi connectivity index (χ3n) is 3.00. The summed E-state index contributed by atoms with van der Waals surface area (Å²) in [6.45, 7) is -2.16. The second-order valence-corrected chi connectivity index (χ2v) is 4.37. The molecule has 0 bridgehead atoms. The minimum atomic E-state index is -4.56. The molecule has 1 saturated heterocycles. The summed E-state index contributed by atoms with van der Waals surface area (Å²) in [5, 5.41) is 17.9. The number of carbonyl (C=O) groups is 1. The van der Waals surface area contributed by atoms with Crippen LogP contribution in [0.25, 0.3) is 0 Å². The van der Waals surface area contributed by atoms with Gasteiger partial charge < -0.3 is 14.7 Å². The Morgan fingerprint density at radius 3 is 2.42 bits per heavy atom. The van der Waals surface area contributed by atoms with Crippen LogP contribution >= 0.6 is 0 Å². The summed E-state index contributed by atoms with van der Waals surface area (Å²) in [4.78, 5) is 12.7. The number of hydrogen-bond acceptors (Lipinski definition) is 4. The number of aliphatic hydroxyl groups excluding tert-OH is 1. The lowest BCUT2D eigenvalue weighted by atomic mass is 9.80. The predicted molar refractivity (Wildman–Crippen MR) is 57.8 cm³/mol. The van der Waals surface area contributed by atoms with Crippen LogP contribution in [-0.4, -0.2) is 55.0 Å². The average molecular weight is 280 g/mol. The van der Waals surface area contributed by atoms with Gasteiger partial charge in [0, 0.05) is 19.8 Å². The number of aliphatic hydroxyl groups is 1. The van der Waals surface area contributed by atoms with Crippen LogP contribution in [0.15, 0.2) is 0 Å². The summed E-state index contributed by atoms with van der Waals surface area (Å²) in [6, 6.07) is 1.82. The lowest BCUT2D eigenvalue weighted by Crippen LogP contribution is -2.50. The highest BCUT2D eigenvalue weighted by Crippen LogP contribution is 2.33. The zero-order chi connectivity index (χ0) is 14.5. The molecule has 0 radical (unpaired) electrons. The van der Waals surface area contributed by atoms with Crippen molar-refractivity contribution < 1.29 is 27.8 Å². The maximum absolute atomic E-state index is 12.4. The molecule has 1 aliphatic rings. The Balaban J connectivity index is 2.88. The van der Waals surface area contributed by atoms with Crippen molar-refractivity contribution in [1.29, 1.82) is 5.26 Å². The van der Waals surface area contributed by atoms with Gasteiger partial charge in [0.25, 0.3) is 0 Å². The Bertz CT molecular complexity index is 359. The summed E-state index contributed by atoms with van der Waals surface area (Å²) >= 11 is 0. The van der Waals surface area contributed by atoms with Crippen LogP contribution in [-0.2, 0) is 9.53 Å². The van der Waals surface area contributed by atoms with Crippen LogP contribution in [0.1, 0.15) is 12.8 Å². The number of nitriles is 1. The largest absolute Gasteiger partial charge is 0.406 e. The van der Waals surface area contributed by atoms with Crippen LogP contribution in [0.3, 0.4) is 0 Å². The first-order valence-electron chi connectivity index (χ1n) is 5.80. The number of carbonyl (C=O) groups excluding carboxylic acids is 1. The topological polar surface area (TPSA) is 73.6 Å². The van der Waals surface area contributed by atoms with Gasteiger partial charge in [-0.15, -0.1) is 0 Å². The Hall–Kier alpha value is -1.33. The molecule has 0 spiro atoms. The molecule has 0 aliphatic carbocycles. The van der Waals surface area contributed by atoms with E-state index in [-0.39, 0.29) is 26.1 Å². The molecule has 1 amide bonds. The van der Waals surface area contributed by atoms with Crippen molar-refractivity contribution in [1.82, 2.24) is 4.90 Å². The van der Waals surface area contributed by atoms with Crippen molar-refractivity contribution in [2.45, 2.75) is 19.0 Å². The van der Waals surface area contributed by atoms with Crippen LogP contribution in [0, 0.1) is 16.7 Å². The first kappa shape index (κ1) is 15.7. The van der Waals surface area contributed by atoms with Crippen molar-refractivity contribution in [2.75, 3.05) is 32.9 Å². The van der Waals surface area contributed by atoms with Gasteiger partial charge >= 0.3 is 6.18 Å². The summed E-state index contributed by atoms with van der Waals surface area (Å²) < 4.78 is 42.2. The van der Waals surface area contributed by atoms with E-state index in [1.165, 1.54) is 0 Å². The van der Waals surface area contributed by atoms with Crippen LogP contribution in [0.4, 0.5) is 13.2 Å². The molecule has 0 saturated carbocycles. The van der Waals surface area contributed by atoms with Crippen molar-refractivity contribution in [3.05, 3.63) is 0 Å². The van der Waals surface area contributed by atoms with E-state index < -0.39 is 37.2 Å². The highest BCUT2D eigenvalue weighted by atomic mass is 19.4. The number of amides is 1. The fraction of sp³-hybridized carbons (Fsp3) is 0.818. The van der Waals surface area contributed by atoms with Gasteiger partial charge in [-0.1, -0.05) is 0 Å². The molecule has 108 valence electrons. The molecule has 8 heteroatoms. The lowest BCUT2D eigenvalue weighted by molar-refractivity contribution is -0.169. The minimum absolute atomic E-state index is 0.0715. The number of rotatable bonds is 4. The second kappa shape index (κ2) is 6.21. The Morgan fingerprint density at radius 1 is 1.42 bits per heavy atom. The number of halogens is 3. The van der Waals surface area contributed by atoms with Crippen molar-refractivity contribution in [3.63, 3.8) is 0 Å². The molecular formula is C11H15F3N2O3. The third kappa shape index (κ3) is 4.08. The van der Waals surface area contributed by atoms with Crippen LogP contribution in [0.5, 0.6) is 0 Å². The molecule has 0 atom stereocenters. The zero-order valence-electron chi connectivity index (χ0n) is 10.2. The highest BCUT2D eigenvalue weighted by Gasteiger charge is 2.45. The minimum Gasteiger partial charge on any atom is -0.395 e. The maximum Gasteiger partial charge on any atom is 0.406 e. The standard InChI is InChI=1S/C11H15F3N2O3/c12-11(13,14)8-16(3-4-17)9(18)10(7-15)1-5-19-6-2-10/h17H,1-6,8H2.